The highest BCUT2D eigenvalue weighted by atomic mass is 32.2. The van der Waals surface area contributed by atoms with Crippen LogP contribution in [0.15, 0.2) is 28.3 Å². The Morgan fingerprint density at radius 1 is 1.57 bits per heavy atom. The summed E-state index contributed by atoms with van der Waals surface area (Å²) in [5.74, 6) is 0.0530. The number of esters is 1. The van der Waals surface area contributed by atoms with Crippen LogP contribution in [-0.4, -0.2) is 30.0 Å². The van der Waals surface area contributed by atoms with Crippen LogP contribution in [0.2, 0.25) is 0 Å². The van der Waals surface area contributed by atoms with Crippen molar-refractivity contribution >= 4 is 29.5 Å². The van der Waals surface area contributed by atoms with Crippen molar-refractivity contribution in [1.82, 2.24) is 0 Å². The minimum absolute atomic E-state index is 0.260. The van der Waals surface area contributed by atoms with E-state index in [-0.39, 0.29) is 11.7 Å². The van der Waals surface area contributed by atoms with Crippen molar-refractivity contribution in [3.63, 3.8) is 0 Å². The van der Waals surface area contributed by atoms with E-state index < -0.39 is 12.0 Å². The quantitative estimate of drug-likeness (QED) is 0.683. The number of nitrogens with zero attached hydrogens (tertiary/aromatic N) is 1. The number of aliphatic hydroxyl groups excluding tert-OH is 1. The van der Waals surface area contributed by atoms with E-state index in [1.807, 2.05) is 0 Å². The topological polar surface area (TPSA) is 76.0 Å². The Hall–Kier alpha value is -1.66. The summed E-state index contributed by atoms with van der Waals surface area (Å²) in [5, 5.41) is 12.8. The Bertz CT molecular complexity index is 585. The number of aliphatic hydroxyl groups is 1. The summed E-state index contributed by atoms with van der Waals surface area (Å²) >= 11 is 1.58. The fourth-order valence-electron chi connectivity index (χ4n) is 2.16. The lowest BCUT2D eigenvalue weighted by Crippen LogP contribution is -2.10. The molecule has 0 spiro atoms. The van der Waals surface area contributed by atoms with Gasteiger partial charge >= 0.3 is 5.97 Å². The molecule has 1 fully saturated rings. The minimum Gasteiger partial charge on any atom is -0.469 e. The molecule has 112 valence electrons. The van der Waals surface area contributed by atoms with Gasteiger partial charge in [-0.1, -0.05) is 12.1 Å². The highest BCUT2D eigenvalue weighted by Crippen LogP contribution is 2.35. The molecule has 1 N–H and O–H groups in total. The van der Waals surface area contributed by atoms with Crippen molar-refractivity contribution in [1.29, 1.82) is 0 Å². The van der Waals surface area contributed by atoms with Crippen molar-refractivity contribution in [2.45, 2.75) is 25.4 Å². The fourth-order valence-corrected chi connectivity index (χ4v) is 3.26. The molecular formula is C15H17NO4S. The molecule has 6 heteroatoms. The lowest BCUT2D eigenvalue weighted by atomic mass is 9.98. The lowest BCUT2D eigenvalue weighted by molar-refractivity contribution is -0.141. The highest BCUT2D eigenvalue weighted by molar-refractivity contribution is 8.03. The van der Waals surface area contributed by atoms with Gasteiger partial charge in [0, 0.05) is 16.2 Å². The van der Waals surface area contributed by atoms with Crippen molar-refractivity contribution in [2.75, 3.05) is 12.9 Å². The van der Waals surface area contributed by atoms with Gasteiger partial charge in [0.1, 0.15) is 5.69 Å². The molecule has 21 heavy (non-hydrogen) atoms. The van der Waals surface area contributed by atoms with E-state index in [0.29, 0.717) is 11.1 Å². The molecule has 2 unspecified atom stereocenters. The third kappa shape index (κ3) is 3.51. The zero-order valence-electron chi connectivity index (χ0n) is 11.9. The number of thioether (sulfide) groups is 1. The summed E-state index contributed by atoms with van der Waals surface area (Å²) in [7, 11) is 1.33. The molecule has 2 atom stereocenters. The Morgan fingerprint density at radius 3 is 2.90 bits per heavy atom. The molecule has 1 saturated heterocycles. The van der Waals surface area contributed by atoms with Gasteiger partial charge in [0.2, 0.25) is 0 Å². The fraction of sp³-hybridized carbons (Fsp3) is 0.400. The highest BCUT2D eigenvalue weighted by Gasteiger charge is 2.20. The first-order valence-electron chi connectivity index (χ1n) is 6.64. The van der Waals surface area contributed by atoms with Gasteiger partial charge in [-0.15, -0.1) is 16.7 Å². The monoisotopic (exact) mass is 307 g/mol. The smallest absolute Gasteiger partial charge is 0.312 e. The first-order valence-corrected chi connectivity index (χ1v) is 7.63. The van der Waals surface area contributed by atoms with E-state index in [9.17, 15) is 14.8 Å². The molecule has 2 rings (SSSR count). The van der Waals surface area contributed by atoms with Crippen molar-refractivity contribution in [3.05, 3.63) is 39.1 Å². The second-order valence-electron chi connectivity index (χ2n) is 4.85. The maximum Gasteiger partial charge on any atom is 0.312 e. The zero-order valence-corrected chi connectivity index (χ0v) is 12.7. The number of carbonyl (C=O) groups excluding carboxylic acids is 1. The van der Waals surface area contributed by atoms with Crippen LogP contribution in [0.4, 0.5) is 5.69 Å². The van der Waals surface area contributed by atoms with E-state index >= 15 is 0 Å². The second kappa shape index (κ2) is 6.87. The number of ether oxygens (including phenoxy) is 1. The van der Waals surface area contributed by atoms with Gasteiger partial charge in [0.05, 0.1) is 19.1 Å². The van der Waals surface area contributed by atoms with Crippen LogP contribution in [0.1, 0.15) is 30.4 Å². The average Bonchev–Trinajstić information content (AvgIpc) is 2.91. The molecule has 1 heterocycles. The van der Waals surface area contributed by atoms with Gasteiger partial charge in [0.25, 0.3) is 0 Å². The van der Waals surface area contributed by atoms with Gasteiger partial charge in [-0.2, -0.15) is 0 Å². The van der Waals surface area contributed by atoms with Gasteiger partial charge in [-0.3, -0.25) is 4.79 Å². The molecule has 0 radical (unpaired) electrons. The van der Waals surface area contributed by atoms with Gasteiger partial charge < -0.3 is 9.84 Å². The molecule has 0 saturated carbocycles. The Kier molecular flexibility index (Phi) is 5.14. The number of methoxy groups -OCH3 is 1. The molecular weight excluding hydrogens is 290 g/mol. The molecule has 0 aliphatic carbocycles. The summed E-state index contributed by atoms with van der Waals surface area (Å²) in [6.07, 6.45) is 2.03. The normalized spacial score (nSPS) is 21.3. The van der Waals surface area contributed by atoms with Crippen LogP contribution < -0.4 is 0 Å². The summed E-state index contributed by atoms with van der Waals surface area (Å²) in [5.41, 5.74) is 1.59. The molecule has 1 aliphatic rings. The maximum atomic E-state index is 11.5. The number of benzene rings is 1. The van der Waals surface area contributed by atoms with Gasteiger partial charge in [0.15, 0.2) is 0 Å². The molecule has 1 aromatic carbocycles. The first kappa shape index (κ1) is 15.7. The number of nitroso groups, excluding NO2 is 1. The molecule has 0 amide bonds. The first-order chi connectivity index (χ1) is 10.1. The Balaban J connectivity index is 2.33. The molecule has 0 bridgehead atoms. The summed E-state index contributed by atoms with van der Waals surface area (Å²) in [4.78, 5) is 23.4. The number of carbonyl (C=O) groups is 1. The third-order valence-electron chi connectivity index (χ3n) is 3.49. The van der Waals surface area contributed by atoms with Gasteiger partial charge in [-0.05, 0) is 36.2 Å². The van der Waals surface area contributed by atoms with E-state index in [1.54, 1.807) is 43.0 Å². The average molecular weight is 307 g/mol. The van der Waals surface area contributed by atoms with E-state index in [2.05, 4.69) is 5.18 Å². The summed E-state index contributed by atoms with van der Waals surface area (Å²) < 4.78 is 4.70. The van der Waals surface area contributed by atoms with E-state index in [1.165, 1.54) is 7.11 Å². The van der Waals surface area contributed by atoms with E-state index in [4.69, 9.17) is 4.74 Å². The molecule has 5 nitrogen and oxygen atoms in total. The van der Waals surface area contributed by atoms with Crippen LogP contribution in [0.3, 0.4) is 0 Å². The van der Waals surface area contributed by atoms with Crippen molar-refractivity contribution in [2.24, 2.45) is 5.18 Å². The van der Waals surface area contributed by atoms with Crippen LogP contribution >= 0.6 is 11.8 Å². The van der Waals surface area contributed by atoms with Crippen molar-refractivity contribution < 1.29 is 14.6 Å². The number of hydrogen-bond acceptors (Lipinski definition) is 6. The van der Waals surface area contributed by atoms with Crippen LogP contribution in [0.25, 0.3) is 6.08 Å². The van der Waals surface area contributed by atoms with Crippen LogP contribution in [-0.2, 0) is 9.53 Å². The number of hydrogen-bond donors (Lipinski definition) is 1. The van der Waals surface area contributed by atoms with Crippen molar-refractivity contribution in [3.8, 4) is 0 Å². The van der Waals surface area contributed by atoms with Gasteiger partial charge in [-0.25, -0.2) is 0 Å². The third-order valence-corrected chi connectivity index (χ3v) is 4.66. The van der Waals surface area contributed by atoms with Crippen LogP contribution in [0.5, 0.6) is 0 Å². The second-order valence-corrected chi connectivity index (χ2v) is 6.02. The summed E-state index contributed by atoms with van der Waals surface area (Å²) in [6, 6.07) is 5.10. The van der Waals surface area contributed by atoms with Crippen LogP contribution in [0, 0.1) is 4.91 Å². The maximum absolute atomic E-state index is 11.5. The molecule has 0 aromatic heterocycles. The molecule has 1 aliphatic heterocycles. The number of rotatable bonds is 4. The largest absolute Gasteiger partial charge is 0.469 e. The predicted molar refractivity (Wildman–Crippen MR) is 83.4 cm³/mol. The lowest BCUT2D eigenvalue weighted by Gasteiger charge is -2.11. The molecule has 1 aromatic rings. The Labute approximate surface area is 127 Å². The SMILES string of the molecule is COC(=O)C(C)c1ccc(/C=C2\SCCC2O)c(N=O)c1. The standard InChI is InChI=1S/C15H17NO4S/c1-9(15(18)20-2)10-3-4-11(12(7-10)16-19)8-14-13(17)5-6-21-14/h3-4,7-9,13,17H,5-6H2,1-2H3/b14-8-. The predicted octanol–water partition coefficient (Wildman–Crippen LogP) is 3.20. The zero-order chi connectivity index (χ0) is 15.4. The summed E-state index contributed by atoms with van der Waals surface area (Å²) in [6.45, 7) is 1.71. The van der Waals surface area contributed by atoms with E-state index in [0.717, 1.165) is 17.1 Å². The Morgan fingerprint density at radius 2 is 2.33 bits per heavy atom. The minimum atomic E-state index is -0.469.